The fourth-order valence-corrected chi connectivity index (χ4v) is 9.05. The predicted molar refractivity (Wildman–Crippen MR) is 225 cm³/mol. The van der Waals surface area contributed by atoms with Gasteiger partial charge < -0.3 is 18.9 Å². The number of furan rings is 1. The van der Waals surface area contributed by atoms with Crippen LogP contribution in [0.3, 0.4) is 0 Å². The van der Waals surface area contributed by atoms with Crippen LogP contribution in [0.2, 0.25) is 0 Å². The Balaban J connectivity index is 1.11. The van der Waals surface area contributed by atoms with Gasteiger partial charge in [-0.3, -0.25) is 4.98 Å². The SMILES string of the molecule is C1=CCC(n2c3ccccc3c3ccc(C4=Nc5oc6cc(-c7ccccn7)ccc6c5C(n5c6ccccc6c6cc7ccccc7cc65)N4)cc32)C=C1. The first-order valence-electron chi connectivity index (χ1n) is 18.9. The summed E-state index contributed by atoms with van der Waals surface area (Å²) in [5.41, 5.74) is 9.41. The summed E-state index contributed by atoms with van der Waals surface area (Å²) in [6, 6.07) is 50.1. The molecule has 2 unspecified atom stereocenters. The van der Waals surface area contributed by atoms with Crippen LogP contribution in [-0.2, 0) is 0 Å². The molecule has 1 aliphatic carbocycles. The molecule has 1 N–H and O–H groups in total. The van der Waals surface area contributed by atoms with E-state index in [4.69, 9.17) is 9.41 Å². The summed E-state index contributed by atoms with van der Waals surface area (Å²) in [5.74, 6) is 1.38. The van der Waals surface area contributed by atoms with Gasteiger partial charge in [-0.05, 0) is 71.8 Å². The monoisotopic (exact) mass is 707 g/mol. The first-order valence-corrected chi connectivity index (χ1v) is 18.9. The van der Waals surface area contributed by atoms with Crippen molar-refractivity contribution in [3.63, 3.8) is 0 Å². The van der Waals surface area contributed by atoms with E-state index in [9.17, 15) is 0 Å². The van der Waals surface area contributed by atoms with E-state index in [0.717, 1.165) is 56.6 Å². The summed E-state index contributed by atoms with van der Waals surface area (Å²) in [5, 5.41) is 12.3. The van der Waals surface area contributed by atoms with E-state index in [1.54, 1.807) is 0 Å². The molecule has 10 aromatic rings. The smallest absolute Gasteiger partial charge is 0.229 e. The number of hydrogen-bond donors (Lipinski definition) is 1. The Morgan fingerprint density at radius 2 is 1.29 bits per heavy atom. The molecular formula is C49H33N5O. The van der Waals surface area contributed by atoms with Gasteiger partial charge in [0.05, 0.1) is 33.8 Å². The highest BCUT2D eigenvalue weighted by atomic mass is 16.3. The lowest BCUT2D eigenvalue weighted by Gasteiger charge is -2.28. The average molecular weight is 708 g/mol. The number of fused-ring (bicyclic) bond motifs is 10. The number of para-hydroxylation sites is 2. The molecule has 55 heavy (non-hydrogen) atoms. The lowest BCUT2D eigenvalue weighted by Crippen LogP contribution is -2.36. The van der Waals surface area contributed by atoms with E-state index in [-0.39, 0.29) is 12.2 Å². The molecule has 6 nitrogen and oxygen atoms in total. The van der Waals surface area contributed by atoms with Crippen LogP contribution in [0.5, 0.6) is 0 Å². The van der Waals surface area contributed by atoms with Crippen LogP contribution in [-0.4, -0.2) is 20.0 Å². The molecule has 12 rings (SSSR count). The number of pyridine rings is 1. The maximum absolute atomic E-state index is 6.79. The van der Waals surface area contributed by atoms with Crippen molar-refractivity contribution in [3.05, 3.63) is 181 Å². The highest BCUT2D eigenvalue weighted by Gasteiger charge is 2.33. The minimum Gasteiger partial charge on any atom is -0.438 e. The summed E-state index contributed by atoms with van der Waals surface area (Å²) in [7, 11) is 0. The molecule has 2 atom stereocenters. The van der Waals surface area contributed by atoms with Gasteiger partial charge in [0, 0.05) is 49.8 Å². The molecule has 4 aromatic heterocycles. The Kier molecular flexibility index (Phi) is 6.42. The van der Waals surface area contributed by atoms with Crippen molar-refractivity contribution in [2.45, 2.75) is 18.6 Å². The molecule has 260 valence electrons. The Hall–Kier alpha value is -7.18. The second kappa shape index (κ2) is 11.7. The van der Waals surface area contributed by atoms with Crippen molar-refractivity contribution in [1.82, 2.24) is 19.4 Å². The third kappa shape index (κ3) is 4.55. The molecule has 0 fully saturated rings. The van der Waals surface area contributed by atoms with Gasteiger partial charge in [-0.2, -0.15) is 4.99 Å². The molecule has 0 saturated carbocycles. The fourth-order valence-electron chi connectivity index (χ4n) is 9.05. The lowest BCUT2D eigenvalue weighted by atomic mass is 10.0. The number of amidine groups is 1. The number of nitrogens with zero attached hydrogens (tertiary/aromatic N) is 4. The van der Waals surface area contributed by atoms with E-state index in [1.807, 2.05) is 24.4 Å². The van der Waals surface area contributed by atoms with Gasteiger partial charge in [0.1, 0.15) is 17.6 Å². The van der Waals surface area contributed by atoms with Gasteiger partial charge in [0.15, 0.2) is 0 Å². The Bertz CT molecular complexity index is 3290. The van der Waals surface area contributed by atoms with Crippen LogP contribution in [0.1, 0.15) is 29.8 Å². The summed E-state index contributed by atoms with van der Waals surface area (Å²) in [4.78, 5) is 9.93. The van der Waals surface area contributed by atoms with Crippen LogP contribution in [0.4, 0.5) is 5.88 Å². The number of aliphatic imine (C=N–C) groups is 1. The van der Waals surface area contributed by atoms with Crippen molar-refractivity contribution in [2.75, 3.05) is 0 Å². The normalized spacial score (nSPS) is 16.8. The van der Waals surface area contributed by atoms with Gasteiger partial charge in [0.2, 0.25) is 5.88 Å². The zero-order valence-corrected chi connectivity index (χ0v) is 29.7. The van der Waals surface area contributed by atoms with E-state index in [1.165, 1.54) is 43.4 Å². The minimum atomic E-state index is -0.319. The van der Waals surface area contributed by atoms with E-state index in [2.05, 4.69) is 165 Å². The van der Waals surface area contributed by atoms with Gasteiger partial charge >= 0.3 is 0 Å². The minimum absolute atomic E-state index is 0.222. The Morgan fingerprint density at radius 1 is 0.582 bits per heavy atom. The molecule has 6 heteroatoms. The standard InChI is InChI=1S/C49H33N5O/c1-2-14-34(15-3-1)53-41-19-8-6-16-35(41)37-23-22-33(28-43(37)53)47-51-48(46-38-24-21-32(40-18-10-11-25-50-40)29-45(38)55-49(46)52-47)54-42-20-9-7-17-36(42)39-26-30-12-4-5-13-31(30)27-44(39)54/h1-14,16-29,34,48H,15H2,(H,51,52). The first-order chi connectivity index (χ1) is 27.3. The molecule has 0 spiro atoms. The molecule has 2 aliphatic rings. The van der Waals surface area contributed by atoms with E-state index < -0.39 is 0 Å². The van der Waals surface area contributed by atoms with E-state index >= 15 is 0 Å². The zero-order valence-electron chi connectivity index (χ0n) is 29.7. The average Bonchev–Trinajstić information content (AvgIpc) is 3.90. The number of allylic oxidation sites excluding steroid dienone is 4. The molecule has 0 saturated heterocycles. The topological polar surface area (TPSA) is 60.3 Å². The van der Waals surface area contributed by atoms with Gasteiger partial charge in [-0.1, -0.05) is 109 Å². The number of benzene rings is 6. The third-order valence-electron chi connectivity index (χ3n) is 11.5. The zero-order chi connectivity index (χ0) is 36.0. The molecule has 0 radical (unpaired) electrons. The first kappa shape index (κ1) is 30.3. The van der Waals surface area contributed by atoms with Crippen molar-refractivity contribution in [1.29, 1.82) is 0 Å². The Labute approximate surface area is 316 Å². The second-order valence-electron chi connectivity index (χ2n) is 14.6. The molecule has 0 bridgehead atoms. The maximum Gasteiger partial charge on any atom is 0.229 e. The molecule has 1 aliphatic heterocycles. The molecule has 0 amide bonds. The summed E-state index contributed by atoms with van der Waals surface area (Å²) < 4.78 is 11.7. The predicted octanol–water partition coefficient (Wildman–Crippen LogP) is 12.1. The van der Waals surface area contributed by atoms with E-state index in [0.29, 0.717) is 5.88 Å². The second-order valence-corrected chi connectivity index (χ2v) is 14.6. The van der Waals surface area contributed by atoms with Crippen molar-refractivity contribution >= 4 is 77.1 Å². The molecule has 6 aromatic carbocycles. The fraction of sp³-hybridized carbons (Fsp3) is 0.0612. The van der Waals surface area contributed by atoms with Gasteiger partial charge in [-0.25, -0.2) is 0 Å². The van der Waals surface area contributed by atoms with Crippen LogP contribution in [0.25, 0.3) is 76.6 Å². The molecule has 5 heterocycles. The number of aromatic nitrogens is 3. The van der Waals surface area contributed by atoms with Crippen molar-refractivity contribution < 1.29 is 4.42 Å². The van der Waals surface area contributed by atoms with Crippen LogP contribution < -0.4 is 5.32 Å². The van der Waals surface area contributed by atoms with Gasteiger partial charge in [-0.15, -0.1) is 0 Å². The summed E-state index contributed by atoms with van der Waals surface area (Å²) in [6.45, 7) is 0. The van der Waals surface area contributed by atoms with Crippen LogP contribution in [0, 0.1) is 0 Å². The number of rotatable bonds is 4. The third-order valence-corrected chi connectivity index (χ3v) is 11.5. The lowest BCUT2D eigenvalue weighted by molar-refractivity contribution is 0.549. The Morgan fingerprint density at radius 3 is 2.11 bits per heavy atom. The number of hydrogen-bond acceptors (Lipinski definition) is 4. The number of nitrogens with one attached hydrogen (secondary N) is 1. The quantitative estimate of drug-likeness (QED) is 0.198. The summed E-state index contributed by atoms with van der Waals surface area (Å²) in [6.07, 6.45) is 11.3. The largest absolute Gasteiger partial charge is 0.438 e. The van der Waals surface area contributed by atoms with Crippen LogP contribution >= 0.6 is 0 Å². The highest BCUT2D eigenvalue weighted by Crippen LogP contribution is 2.45. The van der Waals surface area contributed by atoms with Crippen molar-refractivity contribution in [2.24, 2.45) is 4.99 Å². The van der Waals surface area contributed by atoms with Crippen molar-refractivity contribution in [3.8, 4) is 11.3 Å². The van der Waals surface area contributed by atoms with Gasteiger partial charge in [0.25, 0.3) is 0 Å². The summed E-state index contributed by atoms with van der Waals surface area (Å²) >= 11 is 0. The highest BCUT2D eigenvalue weighted by molar-refractivity contribution is 6.14. The molecular weight excluding hydrogens is 675 g/mol. The maximum atomic E-state index is 6.79. The van der Waals surface area contributed by atoms with Crippen LogP contribution in [0.15, 0.2) is 179 Å².